The molecule has 126 valence electrons. The summed E-state index contributed by atoms with van der Waals surface area (Å²) in [7, 11) is 0. The predicted octanol–water partition coefficient (Wildman–Crippen LogP) is 4.29. The lowest BCUT2D eigenvalue weighted by Crippen LogP contribution is -2.48. The minimum Gasteiger partial charge on any atom is -0.396 e. The highest BCUT2D eigenvalue weighted by molar-refractivity contribution is 5.92. The molecule has 0 aromatic carbocycles. The third-order valence-corrected chi connectivity index (χ3v) is 8.19. The van der Waals surface area contributed by atoms with E-state index < -0.39 is 0 Å². The second kappa shape index (κ2) is 5.31. The number of aliphatic hydroxyl groups is 1. The summed E-state index contributed by atoms with van der Waals surface area (Å²) in [6.07, 6.45) is 14.6. The molecule has 0 radical (unpaired) electrons. The van der Waals surface area contributed by atoms with Gasteiger partial charge in [-0.2, -0.15) is 0 Å². The van der Waals surface area contributed by atoms with Gasteiger partial charge in [-0.05, 0) is 84.7 Å². The molecule has 0 bridgehead atoms. The van der Waals surface area contributed by atoms with Gasteiger partial charge in [0, 0.05) is 13.0 Å². The fourth-order valence-electron chi connectivity index (χ4n) is 6.74. The molecule has 2 nitrogen and oxygen atoms in total. The Morgan fingerprint density at radius 1 is 1.17 bits per heavy atom. The summed E-state index contributed by atoms with van der Waals surface area (Å²) in [6, 6.07) is 0. The van der Waals surface area contributed by atoms with E-state index in [2.05, 4.69) is 26.0 Å². The van der Waals surface area contributed by atoms with E-state index in [0.717, 1.165) is 25.2 Å². The topological polar surface area (TPSA) is 37.3 Å². The highest BCUT2D eigenvalue weighted by atomic mass is 16.3. The van der Waals surface area contributed by atoms with Crippen LogP contribution in [0.2, 0.25) is 0 Å². The molecule has 2 heteroatoms. The summed E-state index contributed by atoms with van der Waals surface area (Å²) in [5.41, 5.74) is 1.92. The number of aliphatic hydroxyl groups excluding tert-OH is 1. The molecular formula is C21H30O2. The van der Waals surface area contributed by atoms with Crippen LogP contribution in [-0.4, -0.2) is 17.5 Å². The molecule has 2 fully saturated rings. The van der Waals surface area contributed by atoms with Gasteiger partial charge < -0.3 is 5.11 Å². The third-order valence-electron chi connectivity index (χ3n) is 8.19. The molecular weight excluding hydrogens is 284 g/mol. The molecule has 0 aliphatic heterocycles. The average molecular weight is 314 g/mol. The Balaban J connectivity index is 1.68. The zero-order chi connectivity index (χ0) is 16.2. The lowest BCUT2D eigenvalue weighted by molar-refractivity contribution is -0.116. The molecule has 4 aliphatic carbocycles. The summed E-state index contributed by atoms with van der Waals surface area (Å²) >= 11 is 0. The van der Waals surface area contributed by atoms with Gasteiger partial charge in [0.05, 0.1) is 0 Å². The number of carbonyl (C=O) groups excluding carboxylic acids is 1. The molecule has 0 amide bonds. The van der Waals surface area contributed by atoms with Gasteiger partial charge in [-0.1, -0.05) is 26.0 Å². The summed E-state index contributed by atoms with van der Waals surface area (Å²) < 4.78 is 0. The van der Waals surface area contributed by atoms with Crippen LogP contribution in [0.4, 0.5) is 0 Å². The van der Waals surface area contributed by atoms with E-state index in [4.69, 9.17) is 0 Å². The lowest BCUT2D eigenvalue weighted by atomic mass is 9.48. The van der Waals surface area contributed by atoms with Crippen molar-refractivity contribution in [2.24, 2.45) is 34.5 Å². The van der Waals surface area contributed by atoms with Gasteiger partial charge in [-0.25, -0.2) is 0 Å². The lowest BCUT2D eigenvalue weighted by Gasteiger charge is -2.56. The molecule has 0 heterocycles. The number of carbonyl (C=O) groups is 1. The highest BCUT2D eigenvalue weighted by Crippen LogP contribution is 2.65. The Labute approximate surface area is 140 Å². The van der Waals surface area contributed by atoms with E-state index in [1.807, 2.05) is 6.08 Å². The van der Waals surface area contributed by atoms with Crippen LogP contribution >= 0.6 is 0 Å². The maximum absolute atomic E-state index is 11.8. The molecule has 3 unspecified atom stereocenters. The van der Waals surface area contributed by atoms with Crippen LogP contribution in [0.3, 0.4) is 0 Å². The first-order valence-corrected chi connectivity index (χ1v) is 9.53. The largest absolute Gasteiger partial charge is 0.396 e. The van der Waals surface area contributed by atoms with Crippen molar-refractivity contribution in [2.45, 2.75) is 58.8 Å². The average Bonchev–Trinajstić information content (AvgIpc) is 2.85. The van der Waals surface area contributed by atoms with Gasteiger partial charge in [0.15, 0.2) is 5.78 Å². The fourth-order valence-corrected chi connectivity index (χ4v) is 6.74. The van der Waals surface area contributed by atoms with Gasteiger partial charge in [-0.3, -0.25) is 4.79 Å². The summed E-state index contributed by atoms with van der Waals surface area (Å²) in [5.74, 6) is 3.16. The summed E-state index contributed by atoms with van der Waals surface area (Å²) in [4.78, 5) is 11.8. The normalized spacial score (nSPS) is 48.5. The molecule has 2 saturated carbocycles. The van der Waals surface area contributed by atoms with Crippen molar-refractivity contribution >= 4 is 5.78 Å². The van der Waals surface area contributed by atoms with Crippen LogP contribution in [0.5, 0.6) is 0 Å². The van der Waals surface area contributed by atoms with Crippen LogP contribution in [0.25, 0.3) is 0 Å². The Bertz CT molecular complexity index is 574. The third kappa shape index (κ3) is 2.13. The SMILES string of the molecule is C[C@]12CCC(=O)C=C1C=CC1C2CC[C@@]2(C)C1CC[C@@H]2CCO. The maximum atomic E-state index is 11.8. The Hall–Kier alpha value is -0.890. The van der Waals surface area contributed by atoms with Crippen LogP contribution in [0.15, 0.2) is 23.8 Å². The molecule has 4 rings (SSSR count). The number of fused-ring (bicyclic) bond motifs is 5. The standard InChI is InChI=1S/C21H30O2/c1-20-11-8-19-17(18(20)6-4-14(20)9-12-22)5-3-15-13-16(23)7-10-21(15,19)2/h3,5,13-14,17-19,22H,4,6-12H2,1-2H3/t14-,17?,18?,19?,20-,21+/m1/s1. The second-order valence-electron chi connectivity index (χ2n) is 8.96. The number of ketones is 1. The quantitative estimate of drug-likeness (QED) is 0.825. The Morgan fingerprint density at radius 3 is 2.78 bits per heavy atom. The van der Waals surface area contributed by atoms with Gasteiger partial charge in [0.2, 0.25) is 0 Å². The van der Waals surface area contributed by atoms with Crippen molar-refractivity contribution < 1.29 is 9.90 Å². The minimum absolute atomic E-state index is 0.212. The van der Waals surface area contributed by atoms with Crippen LogP contribution in [-0.2, 0) is 4.79 Å². The molecule has 6 atom stereocenters. The first-order chi connectivity index (χ1) is 11.0. The van der Waals surface area contributed by atoms with E-state index in [1.165, 1.54) is 31.3 Å². The molecule has 23 heavy (non-hydrogen) atoms. The molecule has 4 aliphatic rings. The number of allylic oxidation sites excluding steroid dienone is 4. The van der Waals surface area contributed by atoms with E-state index in [0.29, 0.717) is 35.6 Å². The second-order valence-corrected chi connectivity index (χ2v) is 8.96. The first-order valence-electron chi connectivity index (χ1n) is 9.53. The summed E-state index contributed by atoms with van der Waals surface area (Å²) in [6.45, 7) is 5.24. The van der Waals surface area contributed by atoms with Crippen molar-refractivity contribution in [3.05, 3.63) is 23.8 Å². The van der Waals surface area contributed by atoms with Crippen LogP contribution in [0.1, 0.15) is 58.8 Å². The first kappa shape index (κ1) is 15.6. The van der Waals surface area contributed by atoms with Crippen molar-refractivity contribution in [1.82, 2.24) is 0 Å². The van der Waals surface area contributed by atoms with Gasteiger partial charge in [0.1, 0.15) is 0 Å². The smallest absolute Gasteiger partial charge is 0.156 e. The maximum Gasteiger partial charge on any atom is 0.156 e. The summed E-state index contributed by atoms with van der Waals surface area (Å²) in [5, 5.41) is 9.43. The Morgan fingerprint density at radius 2 is 2.00 bits per heavy atom. The predicted molar refractivity (Wildman–Crippen MR) is 91.8 cm³/mol. The fraction of sp³-hybridized carbons (Fsp3) is 0.762. The van der Waals surface area contributed by atoms with Crippen molar-refractivity contribution in [2.75, 3.05) is 6.61 Å². The van der Waals surface area contributed by atoms with E-state index >= 15 is 0 Å². The van der Waals surface area contributed by atoms with Crippen LogP contribution in [0, 0.1) is 34.5 Å². The number of hydrogen-bond acceptors (Lipinski definition) is 2. The zero-order valence-electron chi connectivity index (χ0n) is 14.6. The van der Waals surface area contributed by atoms with E-state index in [1.54, 1.807) is 0 Å². The zero-order valence-corrected chi connectivity index (χ0v) is 14.6. The monoisotopic (exact) mass is 314 g/mol. The molecule has 0 saturated heterocycles. The number of rotatable bonds is 2. The van der Waals surface area contributed by atoms with Crippen molar-refractivity contribution in [1.29, 1.82) is 0 Å². The van der Waals surface area contributed by atoms with Crippen LogP contribution < -0.4 is 0 Å². The van der Waals surface area contributed by atoms with E-state index in [9.17, 15) is 9.90 Å². The van der Waals surface area contributed by atoms with Gasteiger partial charge >= 0.3 is 0 Å². The Kier molecular flexibility index (Phi) is 3.61. The van der Waals surface area contributed by atoms with Crippen molar-refractivity contribution in [3.8, 4) is 0 Å². The molecule has 0 spiro atoms. The highest BCUT2D eigenvalue weighted by Gasteiger charge is 2.57. The van der Waals surface area contributed by atoms with Gasteiger partial charge in [-0.15, -0.1) is 0 Å². The number of hydrogen-bond donors (Lipinski definition) is 1. The van der Waals surface area contributed by atoms with Gasteiger partial charge in [0.25, 0.3) is 0 Å². The molecule has 0 aromatic rings. The molecule has 0 aromatic heterocycles. The minimum atomic E-state index is 0.212. The molecule has 1 N–H and O–H groups in total. The van der Waals surface area contributed by atoms with E-state index in [-0.39, 0.29) is 5.41 Å². The van der Waals surface area contributed by atoms with Crippen molar-refractivity contribution in [3.63, 3.8) is 0 Å².